The van der Waals surface area contributed by atoms with Crippen molar-refractivity contribution >= 4 is 23.1 Å². The molecule has 0 atom stereocenters. The number of nitrogens with two attached hydrogens (primary N) is 1. The lowest BCUT2D eigenvalue weighted by Gasteiger charge is -2.46. The van der Waals surface area contributed by atoms with E-state index in [2.05, 4.69) is 12.2 Å². The third-order valence-electron chi connectivity index (χ3n) is 4.13. The molecule has 0 aliphatic heterocycles. The summed E-state index contributed by atoms with van der Waals surface area (Å²) >= 11 is 5.07. The molecule has 0 radical (unpaired) electrons. The van der Waals surface area contributed by atoms with Gasteiger partial charge in [0.05, 0.1) is 16.5 Å². The molecular weight excluding hydrogens is 248 g/mol. The highest BCUT2D eigenvalue weighted by molar-refractivity contribution is 7.80. The molecule has 5 heteroatoms. The van der Waals surface area contributed by atoms with Crippen LogP contribution in [0.15, 0.2) is 0 Å². The van der Waals surface area contributed by atoms with Gasteiger partial charge in [0.1, 0.15) is 0 Å². The van der Waals surface area contributed by atoms with Crippen molar-refractivity contribution in [3.63, 3.8) is 0 Å². The number of thiocarbonyl (C=S) groups is 1. The minimum Gasteiger partial charge on any atom is -0.392 e. The average molecular weight is 270 g/mol. The first-order valence-electron chi connectivity index (χ1n) is 6.70. The standard InChI is InChI=1S/C13H22N2O2S/c1-3-17-10-4-9(5-10)15-12(16)13(11(14)18)6-8(2)7-13/h8-10H,3-7H2,1-2H3,(H2,14,18)(H,15,16). The molecule has 2 saturated carbocycles. The van der Waals surface area contributed by atoms with Crippen LogP contribution in [0.5, 0.6) is 0 Å². The van der Waals surface area contributed by atoms with Gasteiger partial charge in [-0.3, -0.25) is 4.79 Å². The molecule has 1 amide bonds. The fraction of sp³-hybridized carbons (Fsp3) is 0.846. The molecule has 2 rings (SSSR count). The van der Waals surface area contributed by atoms with Gasteiger partial charge in [0, 0.05) is 12.6 Å². The smallest absolute Gasteiger partial charge is 0.233 e. The van der Waals surface area contributed by atoms with Crippen molar-refractivity contribution in [2.45, 2.75) is 51.7 Å². The summed E-state index contributed by atoms with van der Waals surface area (Å²) in [5.41, 5.74) is 5.17. The Kier molecular flexibility index (Phi) is 3.92. The zero-order valence-corrected chi connectivity index (χ0v) is 11.9. The summed E-state index contributed by atoms with van der Waals surface area (Å²) in [4.78, 5) is 12.6. The Morgan fingerprint density at radius 3 is 2.56 bits per heavy atom. The van der Waals surface area contributed by atoms with Gasteiger partial charge < -0.3 is 15.8 Å². The molecule has 0 aromatic carbocycles. The second-order valence-corrected chi connectivity index (χ2v) is 6.12. The van der Waals surface area contributed by atoms with Crippen molar-refractivity contribution < 1.29 is 9.53 Å². The van der Waals surface area contributed by atoms with Crippen LogP contribution >= 0.6 is 12.2 Å². The zero-order chi connectivity index (χ0) is 13.3. The van der Waals surface area contributed by atoms with Crippen LogP contribution in [0.25, 0.3) is 0 Å². The number of carbonyl (C=O) groups is 1. The van der Waals surface area contributed by atoms with E-state index in [0.29, 0.717) is 17.0 Å². The summed E-state index contributed by atoms with van der Waals surface area (Å²) in [6, 6.07) is 0.233. The minimum absolute atomic E-state index is 0.0213. The molecule has 0 unspecified atom stereocenters. The van der Waals surface area contributed by atoms with Gasteiger partial charge in [-0.25, -0.2) is 0 Å². The molecule has 0 bridgehead atoms. The number of ether oxygens (including phenoxy) is 1. The van der Waals surface area contributed by atoms with E-state index in [-0.39, 0.29) is 11.9 Å². The molecule has 0 spiro atoms. The second kappa shape index (κ2) is 5.13. The van der Waals surface area contributed by atoms with Gasteiger partial charge in [-0.05, 0) is 38.5 Å². The third kappa shape index (κ3) is 2.38. The van der Waals surface area contributed by atoms with Crippen molar-refractivity contribution in [2.24, 2.45) is 17.1 Å². The molecular formula is C13H22N2O2S. The number of carbonyl (C=O) groups excluding carboxylic acids is 1. The summed E-state index contributed by atoms with van der Waals surface area (Å²) in [6.07, 6.45) is 3.69. The quantitative estimate of drug-likeness (QED) is 0.741. The Morgan fingerprint density at radius 1 is 1.50 bits per heavy atom. The van der Waals surface area contributed by atoms with E-state index in [1.165, 1.54) is 0 Å². The summed E-state index contributed by atoms with van der Waals surface area (Å²) < 4.78 is 5.48. The summed E-state index contributed by atoms with van der Waals surface area (Å²) in [5, 5.41) is 3.06. The molecule has 0 aromatic heterocycles. The molecule has 0 heterocycles. The molecule has 2 fully saturated rings. The predicted octanol–water partition coefficient (Wildman–Crippen LogP) is 1.37. The maximum Gasteiger partial charge on any atom is 0.233 e. The van der Waals surface area contributed by atoms with E-state index < -0.39 is 5.41 Å². The first-order chi connectivity index (χ1) is 8.48. The van der Waals surface area contributed by atoms with Crippen molar-refractivity contribution in [3.05, 3.63) is 0 Å². The molecule has 102 valence electrons. The van der Waals surface area contributed by atoms with Crippen molar-refractivity contribution in [2.75, 3.05) is 6.61 Å². The lowest BCUT2D eigenvalue weighted by atomic mass is 9.61. The predicted molar refractivity (Wildman–Crippen MR) is 74.2 cm³/mol. The van der Waals surface area contributed by atoms with Crippen LogP contribution in [0.1, 0.15) is 39.5 Å². The highest BCUT2D eigenvalue weighted by Crippen LogP contribution is 2.46. The maximum atomic E-state index is 12.3. The summed E-state index contributed by atoms with van der Waals surface area (Å²) in [5.74, 6) is 0.558. The van der Waals surface area contributed by atoms with Crippen molar-refractivity contribution in [3.8, 4) is 0 Å². The van der Waals surface area contributed by atoms with Crippen LogP contribution in [0.2, 0.25) is 0 Å². The Labute approximate surface area is 114 Å². The van der Waals surface area contributed by atoms with Crippen LogP contribution in [0.3, 0.4) is 0 Å². The number of nitrogens with one attached hydrogen (secondary N) is 1. The van der Waals surface area contributed by atoms with Gasteiger partial charge in [-0.2, -0.15) is 0 Å². The molecule has 18 heavy (non-hydrogen) atoms. The van der Waals surface area contributed by atoms with E-state index in [1.807, 2.05) is 6.92 Å². The van der Waals surface area contributed by atoms with Crippen LogP contribution in [-0.2, 0) is 9.53 Å². The Bertz CT molecular complexity index is 347. The first-order valence-corrected chi connectivity index (χ1v) is 7.11. The third-order valence-corrected chi connectivity index (χ3v) is 4.52. The molecule has 0 aromatic rings. The first kappa shape index (κ1) is 13.7. The Balaban J connectivity index is 1.83. The molecule has 2 aliphatic carbocycles. The van der Waals surface area contributed by atoms with E-state index >= 15 is 0 Å². The second-order valence-electron chi connectivity index (χ2n) is 5.68. The van der Waals surface area contributed by atoms with E-state index in [0.717, 1.165) is 32.3 Å². The summed E-state index contributed by atoms with van der Waals surface area (Å²) in [6.45, 7) is 4.85. The highest BCUT2D eigenvalue weighted by atomic mass is 32.1. The Morgan fingerprint density at radius 2 is 2.11 bits per heavy atom. The fourth-order valence-electron chi connectivity index (χ4n) is 3.01. The highest BCUT2D eigenvalue weighted by Gasteiger charge is 2.51. The van der Waals surface area contributed by atoms with Gasteiger partial charge in [-0.1, -0.05) is 19.1 Å². The Hall–Kier alpha value is -0.680. The normalized spacial score (nSPS) is 38.4. The van der Waals surface area contributed by atoms with Gasteiger partial charge >= 0.3 is 0 Å². The SMILES string of the molecule is CCOC1CC(NC(=O)C2(C(N)=S)CC(C)C2)C1. The zero-order valence-electron chi connectivity index (χ0n) is 11.1. The van der Waals surface area contributed by atoms with Crippen LogP contribution in [-0.4, -0.2) is 29.6 Å². The maximum absolute atomic E-state index is 12.3. The van der Waals surface area contributed by atoms with E-state index in [9.17, 15) is 4.79 Å². The van der Waals surface area contributed by atoms with Gasteiger partial charge in [0.25, 0.3) is 0 Å². The van der Waals surface area contributed by atoms with Crippen molar-refractivity contribution in [1.29, 1.82) is 0 Å². The molecule has 0 saturated heterocycles. The topological polar surface area (TPSA) is 64.3 Å². The van der Waals surface area contributed by atoms with Crippen LogP contribution in [0.4, 0.5) is 0 Å². The molecule has 4 nitrogen and oxygen atoms in total. The van der Waals surface area contributed by atoms with Gasteiger partial charge in [0.15, 0.2) is 0 Å². The number of hydrogen-bond donors (Lipinski definition) is 2. The largest absolute Gasteiger partial charge is 0.392 e. The average Bonchev–Trinajstić information content (AvgIpc) is 2.20. The lowest BCUT2D eigenvalue weighted by molar-refractivity contribution is -0.135. The number of amides is 1. The van der Waals surface area contributed by atoms with Crippen LogP contribution in [0, 0.1) is 11.3 Å². The van der Waals surface area contributed by atoms with Gasteiger partial charge in [-0.15, -0.1) is 0 Å². The minimum atomic E-state index is -0.578. The van der Waals surface area contributed by atoms with Crippen molar-refractivity contribution in [1.82, 2.24) is 5.32 Å². The fourth-order valence-corrected chi connectivity index (χ4v) is 3.27. The van der Waals surface area contributed by atoms with E-state index in [4.69, 9.17) is 22.7 Å². The monoisotopic (exact) mass is 270 g/mol. The summed E-state index contributed by atoms with van der Waals surface area (Å²) in [7, 11) is 0. The molecule has 2 aliphatic rings. The number of rotatable bonds is 5. The van der Waals surface area contributed by atoms with Gasteiger partial charge in [0.2, 0.25) is 5.91 Å². The van der Waals surface area contributed by atoms with E-state index in [1.54, 1.807) is 0 Å². The molecule has 3 N–H and O–H groups in total. The van der Waals surface area contributed by atoms with Crippen LogP contribution < -0.4 is 11.1 Å². The number of hydrogen-bond acceptors (Lipinski definition) is 3. The lowest BCUT2D eigenvalue weighted by Crippen LogP contribution is -2.59.